The van der Waals surface area contributed by atoms with Gasteiger partial charge >= 0.3 is 0 Å². The maximum absolute atomic E-state index is 6.01. The maximum Gasteiger partial charge on any atom is 0.202 e. The Bertz CT molecular complexity index is 692. The van der Waals surface area contributed by atoms with Crippen LogP contribution in [0.2, 0.25) is 0 Å². The summed E-state index contributed by atoms with van der Waals surface area (Å²) in [7, 11) is 0. The first-order chi connectivity index (χ1) is 9.20. The van der Waals surface area contributed by atoms with Gasteiger partial charge in [-0.1, -0.05) is 0 Å². The molecule has 0 aromatic carbocycles. The molecule has 3 heterocycles. The van der Waals surface area contributed by atoms with Crippen LogP contribution >= 0.6 is 0 Å². The van der Waals surface area contributed by atoms with E-state index in [9.17, 15) is 0 Å². The van der Waals surface area contributed by atoms with Crippen LogP contribution in [0.25, 0.3) is 11.2 Å². The smallest absolute Gasteiger partial charge is 0.202 e. The number of anilines is 1. The third-order valence-electron chi connectivity index (χ3n) is 3.29. The van der Waals surface area contributed by atoms with E-state index in [-0.39, 0.29) is 0 Å². The Labute approximate surface area is 110 Å². The zero-order valence-corrected chi connectivity index (χ0v) is 11.1. The molecule has 0 unspecified atom stereocenters. The average Bonchev–Trinajstić information content (AvgIpc) is 3.06. The number of hydrogen-bond acceptors (Lipinski definition) is 4. The lowest BCUT2D eigenvalue weighted by molar-refractivity contribution is 0.492. The summed E-state index contributed by atoms with van der Waals surface area (Å²) in [6.07, 6.45) is 2.47. The first-order valence-electron chi connectivity index (χ1n) is 6.42. The first-order valence-corrected chi connectivity index (χ1v) is 6.42. The van der Waals surface area contributed by atoms with Gasteiger partial charge in [-0.3, -0.25) is 4.57 Å². The molecule has 0 saturated carbocycles. The minimum absolute atomic E-state index is 0.532. The van der Waals surface area contributed by atoms with Crippen LogP contribution in [0.3, 0.4) is 0 Å². The molecule has 0 aliphatic carbocycles. The summed E-state index contributed by atoms with van der Waals surface area (Å²) >= 11 is 0. The van der Waals surface area contributed by atoms with Crippen LogP contribution < -0.4 is 5.73 Å². The number of furan rings is 1. The molecule has 3 rings (SSSR count). The minimum Gasteiger partial charge on any atom is -0.469 e. The molecule has 0 aliphatic heterocycles. The highest BCUT2D eigenvalue weighted by molar-refractivity contribution is 5.77. The Hall–Kier alpha value is -2.24. The molecule has 0 bridgehead atoms. The predicted molar refractivity (Wildman–Crippen MR) is 72.8 cm³/mol. The monoisotopic (exact) mass is 259 g/mol. The fourth-order valence-corrected chi connectivity index (χ4v) is 2.36. The van der Waals surface area contributed by atoms with E-state index in [4.69, 9.17) is 10.2 Å². The van der Waals surface area contributed by atoms with Crippen molar-refractivity contribution in [2.75, 3.05) is 5.73 Å². The molecule has 6 nitrogen and oxygen atoms in total. The molecule has 0 spiro atoms. The Morgan fingerprint density at radius 2 is 2.26 bits per heavy atom. The van der Waals surface area contributed by atoms with Crippen molar-refractivity contribution in [2.24, 2.45) is 0 Å². The Morgan fingerprint density at radius 1 is 1.42 bits per heavy atom. The molecule has 0 saturated heterocycles. The molecule has 0 aliphatic rings. The SMILES string of the molecule is CCn1nc(C)c2nc(N)n(CCc3ccco3)c21. The van der Waals surface area contributed by atoms with Gasteiger partial charge in [0.15, 0.2) is 5.65 Å². The van der Waals surface area contributed by atoms with E-state index in [1.807, 2.05) is 28.3 Å². The molecular weight excluding hydrogens is 242 g/mol. The van der Waals surface area contributed by atoms with Gasteiger partial charge in [0.1, 0.15) is 11.3 Å². The van der Waals surface area contributed by atoms with Gasteiger partial charge in [-0.2, -0.15) is 5.10 Å². The van der Waals surface area contributed by atoms with Crippen molar-refractivity contribution in [3.8, 4) is 0 Å². The normalized spacial score (nSPS) is 11.5. The topological polar surface area (TPSA) is 74.8 Å². The summed E-state index contributed by atoms with van der Waals surface area (Å²) < 4.78 is 9.29. The Morgan fingerprint density at radius 3 is 2.95 bits per heavy atom. The van der Waals surface area contributed by atoms with E-state index in [2.05, 4.69) is 17.0 Å². The van der Waals surface area contributed by atoms with Crippen molar-refractivity contribution >= 4 is 17.1 Å². The molecule has 0 fully saturated rings. The number of nitrogens with two attached hydrogens (primary N) is 1. The molecule has 6 heteroatoms. The highest BCUT2D eigenvalue weighted by Gasteiger charge is 2.16. The molecule has 3 aromatic heterocycles. The lowest BCUT2D eigenvalue weighted by Crippen LogP contribution is -2.09. The van der Waals surface area contributed by atoms with E-state index >= 15 is 0 Å². The second-order valence-electron chi connectivity index (χ2n) is 4.52. The van der Waals surface area contributed by atoms with Crippen molar-refractivity contribution < 1.29 is 4.42 Å². The van der Waals surface area contributed by atoms with Crippen molar-refractivity contribution in [1.82, 2.24) is 19.3 Å². The molecule has 0 radical (unpaired) electrons. The summed E-state index contributed by atoms with van der Waals surface area (Å²) in [5.41, 5.74) is 8.80. The Balaban J connectivity index is 1.99. The summed E-state index contributed by atoms with van der Waals surface area (Å²) in [5, 5.41) is 4.47. The maximum atomic E-state index is 6.01. The lowest BCUT2D eigenvalue weighted by Gasteiger charge is -2.06. The largest absolute Gasteiger partial charge is 0.469 e. The number of hydrogen-bond donors (Lipinski definition) is 1. The van der Waals surface area contributed by atoms with Gasteiger partial charge < -0.3 is 10.2 Å². The van der Waals surface area contributed by atoms with Gasteiger partial charge in [-0.15, -0.1) is 0 Å². The van der Waals surface area contributed by atoms with E-state index < -0.39 is 0 Å². The van der Waals surface area contributed by atoms with E-state index in [0.717, 1.165) is 42.1 Å². The first kappa shape index (κ1) is 11.8. The van der Waals surface area contributed by atoms with Crippen LogP contribution in [-0.2, 0) is 19.5 Å². The third kappa shape index (κ3) is 1.89. The number of nitrogens with zero attached hydrogens (tertiary/aromatic N) is 4. The molecular formula is C13H17N5O. The molecule has 19 heavy (non-hydrogen) atoms. The number of nitrogen functional groups attached to an aromatic ring is 1. The molecule has 0 amide bonds. The summed E-state index contributed by atoms with van der Waals surface area (Å²) in [4.78, 5) is 4.41. The van der Waals surface area contributed by atoms with E-state index in [1.165, 1.54) is 0 Å². The number of imidazole rings is 1. The van der Waals surface area contributed by atoms with Crippen LogP contribution in [0.5, 0.6) is 0 Å². The predicted octanol–water partition coefficient (Wildman–Crippen LogP) is 1.98. The highest BCUT2D eigenvalue weighted by Crippen LogP contribution is 2.21. The standard InChI is InChI=1S/C13H17N5O/c1-3-18-12-11(9(2)16-18)15-13(14)17(12)7-6-10-5-4-8-19-10/h4-5,8H,3,6-7H2,1-2H3,(H2,14,15). The third-order valence-corrected chi connectivity index (χ3v) is 3.29. The van der Waals surface area contributed by atoms with Crippen molar-refractivity contribution in [1.29, 1.82) is 0 Å². The van der Waals surface area contributed by atoms with Crippen molar-refractivity contribution in [2.45, 2.75) is 33.4 Å². The van der Waals surface area contributed by atoms with Gasteiger partial charge in [0.25, 0.3) is 0 Å². The van der Waals surface area contributed by atoms with Crippen LogP contribution in [0.15, 0.2) is 22.8 Å². The van der Waals surface area contributed by atoms with Crippen LogP contribution in [-0.4, -0.2) is 19.3 Å². The zero-order valence-electron chi connectivity index (χ0n) is 11.1. The fourth-order valence-electron chi connectivity index (χ4n) is 2.36. The van der Waals surface area contributed by atoms with Gasteiger partial charge in [0.2, 0.25) is 5.95 Å². The molecule has 0 atom stereocenters. The van der Waals surface area contributed by atoms with Crippen LogP contribution in [0.4, 0.5) is 5.95 Å². The number of rotatable bonds is 4. The summed E-state index contributed by atoms with van der Waals surface area (Å²) in [6, 6.07) is 3.86. The second-order valence-corrected chi connectivity index (χ2v) is 4.52. The minimum atomic E-state index is 0.532. The summed E-state index contributed by atoms with van der Waals surface area (Å²) in [6.45, 7) is 5.56. The average molecular weight is 259 g/mol. The lowest BCUT2D eigenvalue weighted by atomic mass is 10.3. The van der Waals surface area contributed by atoms with Crippen LogP contribution in [0, 0.1) is 6.92 Å². The van der Waals surface area contributed by atoms with E-state index in [0.29, 0.717) is 5.95 Å². The van der Waals surface area contributed by atoms with Crippen molar-refractivity contribution in [3.63, 3.8) is 0 Å². The zero-order chi connectivity index (χ0) is 13.4. The van der Waals surface area contributed by atoms with Crippen LogP contribution in [0.1, 0.15) is 18.4 Å². The van der Waals surface area contributed by atoms with E-state index in [1.54, 1.807) is 6.26 Å². The number of aryl methyl sites for hydroxylation is 4. The second kappa shape index (κ2) is 4.46. The van der Waals surface area contributed by atoms with Gasteiger partial charge in [-0.05, 0) is 26.0 Å². The van der Waals surface area contributed by atoms with Gasteiger partial charge in [0.05, 0.1) is 12.0 Å². The quantitative estimate of drug-likeness (QED) is 0.777. The van der Waals surface area contributed by atoms with Gasteiger partial charge in [-0.25, -0.2) is 9.67 Å². The highest BCUT2D eigenvalue weighted by atomic mass is 16.3. The number of aromatic nitrogens is 4. The Kier molecular flexibility index (Phi) is 2.77. The molecule has 100 valence electrons. The molecule has 3 aromatic rings. The van der Waals surface area contributed by atoms with Crippen molar-refractivity contribution in [3.05, 3.63) is 29.9 Å². The number of fused-ring (bicyclic) bond motifs is 1. The summed E-state index contributed by atoms with van der Waals surface area (Å²) in [5.74, 6) is 1.48. The fraction of sp³-hybridized carbons (Fsp3) is 0.385. The van der Waals surface area contributed by atoms with Gasteiger partial charge in [0, 0.05) is 19.5 Å². The molecule has 2 N–H and O–H groups in total.